The normalized spacial score (nSPS) is 19.6. The van der Waals surface area contributed by atoms with Crippen molar-refractivity contribution in [3.63, 3.8) is 0 Å². The maximum atomic E-state index is 13.9. The van der Waals surface area contributed by atoms with Crippen molar-refractivity contribution in [3.05, 3.63) is 47.8 Å². The van der Waals surface area contributed by atoms with Gasteiger partial charge < -0.3 is 29.5 Å². The molecule has 0 saturated carbocycles. The van der Waals surface area contributed by atoms with Crippen molar-refractivity contribution < 1.29 is 38.6 Å². The summed E-state index contributed by atoms with van der Waals surface area (Å²) in [5, 5.41) is 20.5. The fourth-order valence-electron chi connectivity index (χ4n) is 6.16. The van der Waals surface area contributed by atoms with Crippen LogP contribution in [-0.2, 0) is 28.0 Å². The number of carbonyl (C=O) groups excluding carboxylic acids is 2. The third-order valence-electron chi connectivity index (χ3n) is 8.34. The Balaban J connectivity index is 1.69. The van der Waals surface area contributed by atoms with Crippen molar-refractivity contribution >= 4 is 23.5 Å². The highest BCUT2D eigenvalue weighted by molar-refractivity contribution is 5.94. The highest BCUT2D eigenvalue weighted by Gasteiger charge is 2.47. The summed E-state index contributed by atoms with van der Waals surface area (Å²) >= 11 is 0. The van der Waals surface area contributed by atoms with E-state index in [2.05, 4.69) is 6.92 Å². The van der Waals surface area contributed by atoms with Crippen LogP contribution in [-0.4, -0.2) is 83.4 Å². The molecule has 42 heavy (non-hydrogen) atoms. The second kappa shape index (κ2) is 14.0. The topological polar surface area (TPSA) is 124 Å². The number of hydrogen-bond donors (Lipinski definition) is 2. The van der Waals surface area contributed by atoms with Crippen LogP contribution >= 0.6 is 0 Å². The molecule has 3 heterocycles. The maximum absolute atomic E-state index is 13.9. The van der Waals surface area contributed by atoms with Crippen molar-refractivity contribution in [2.24, 2.45) is 13.0 Å². The number of carbonyl (C=O) groups is 3. The summed E-state index contributed by atoms with van der Waals surface area (Å²) in [6, 6.07) is 6.88. The molecule has 1 saturated heterocycles. The van der Waals surface area contributed by atoms with Crippen molar-refractivity contribution in [1.82, 2.24) is 9.80 Å². The zero-order chi connectivity index (χ0) is 30.4. The number of rotatable bonds is 13. The summed E-state index contributed by atoms with van der Waals surface area (Å²) in [6.07, 6.45) is 5.98. The third kappa shape index (κ3) is 6.84. The molecule has 2 amide bonds. The molecule has 11 heteroatoms. The molecule has 1 aromatic carbocycles. The van der Waals surface area contributed by atoms with Gasteiger partial charge in [0.1, 0.15) is 12.7 Å². The van der Waals surface area contributed by atoms with E-state index < -0.39 is 23.8 Å². The lowest BCUT2D eigenvalue weighted by Crippen LogP contribution is -2.46. The molecule has 2 aromatic rings. The zero-order valence-electron chi connectivity index (χ0n) is 25.0. The van der Waals surface area contributed by atoms with E-state index in [4.69, 9.17) is 9.47 Å². The van der Waals surface area contributed by atoms with Gasteiger partial charge >= 0.3 is 5.97 Å². The lowest BCUT2D eigenvalue weighted by molar-refractivity contribution is -0.670. The number of ether oxygens (including phenoxy) is 2. The standard InChI is InChI=1S/C31H42N4O7/c1-5-7-12-35(24-9-8-11-32(4)16-24)28(38)18-34-17-25(22-14-23(19-36)30-27(15-22)41-20-42-30)29(31(39)40)26(34)10-13-33(6-2)21(3)37/h8-9,11,14-16,25-26,29,36H,5-7,10,12-13,17-20H2,1-4H3/p+1/t25-,26+,29-/m1/s1. The van der Waals surface area contributed by atoms with Gasteiger partial charge in [-0.15, -0.1) is 0 Å². The van der Waals surface area contributed by atoms with Gasteiger partial charge in [-0.25, -0.2) is 4.57 Å². The second-order valence-corrected chi connectivity index (χ2v) is 11.1. The van der Waals surface area contributed by atoms with Crippen molar-refractivity contribution in [3.8, 4) is 11.5 Å². The maximum Gasteiger partial charge on any atom is 0.308 e. The molecule has 2 aliphatic heterocycles. The number of carboxylic acid groups (broad SMARTS) is 1. The average molecular weight is 584 g/mol. The van der Waals surface area contributed by atoms with Crippen LogP contribution in [0.5, 0.6) is 11.5 Å². The highest BCUT2D eigenvalue weighted by Crippen LogP contribution is 2.44. The zero-order valence-corrected chi connectivity index (χ0v) is 25.0. The Bertz CT molecular complexity index is 1290. The molecule has 1 fully saturated rings. The van der Waals surface area contributed by atoms with Gasteiger partial charge in [0.2, 0.25) is 18.6 Å². The quantitative estimate of drug-likeness (QED) is 0.345. The van der Waals surface area contributed by atoms with Crippen LogP contribution in [0.1, 0.15) is 57.1 Å². The first kappa shape index (κ1) is 31.2. The molecule has 0 spiro atoms. The van der Waals surface area contributed by atoms with Gasteiger partial charge in [-0.2, -0.15) is 0 Å². The minimum atomic E-state index is -0.966. The molecule has 0 radical (unpaired) electrons. The number of pyridine rings is 1. The minimum Gasteiger partial charge on any atom is -0.481 e. The van der Waals surface area contributed by atoms with Gasteiger partial charge in [-0.1, -0.05) is 13.3 Å². The van der Waals surface area contributed by atoms with Crippen LogP contribution in [0.4, 0.5) is 5.69 Å². The number of anilines is 1. The number of aliphatic hydroxyl groups is 1. The molecular weight excluding hydrogens is 540 g/mol. The number of benzene rings is 1. The SMILES string of the molecule is CCCCN(C(=O)CN1C[C@H](c2cc(CO)c3c(c2)OCO3)[C@@H](C(=O)O)[C@@H]1CCN(CC)C(C)=O)c1ccc[n+](C)c1. The lowest BCUT2D eigenvalue weighted by atomic mass is 9.83. The van der Waals surface area contributed by atoms with Crippen molar-refractivity contribution in [1.29, 1.82) is 0 Å². The van der Waals surface area contributed by atoms with Crippen LogP contribution < -0.4 is 18.9 Å². The van der Waals surface area contributed by atoms with Crippen LogP contribution in [0.2, 0.25) is 0 Å². The Morgan fingerprint density at radius 1 is 1.17 bits per heavy atom. The number of unbranched alkanes of at least 4 members (excludes halogenated alkanes) is 1. The van der Waals surface area contributed by atoms with Crippen LogP contribution in [0, 0.1) is 5.92 Å². The molecule has 1 aromatic heterocycles. The second-order valence-electron chi connectivity index (χ2n) is 11.1. The van der Waals surface area contributed by atoms with Crippen LogP contribution in [0.25, 0.3) is 0 Å². The Morgan fingerprint density at radius 2 is 1.95 bits per heavy atom. The Labute approximate surface area is 247 Å². The fraction of sp³-hybridized carbons (Fsp3) is 0.548. The minimum absolute atomic E-state index is 0.0325. The predicted molar refractivity (Wildman–Crippen MR) is 155 cm³/mol. The summed E-state index contributed by atoms with van der Waals surface area (Å²) in [5.74, 6) is -1.51. The number of carboxylic acids is 1. The van der Waals surface area contributed by atoms with Gasteiger partial charge in [0.15, 0.2) is 23.9 Å². The van der Waals surface area contributed by atoms with Crippen molar-refractivity contribution in [2.45, 2.75) is 58.6 Å². The van der Waals surface area contributed by atoms with E-state index in [9.17, 15) is 24.6 Å². The molecule has 2 N–H and O–H groups in total. The summed E-state index contributed by atoms with van der Waals surface area (Å²) in [5.41, 5.74) is 2.04. The van der Waals surface area contributed by atoms with E-state index in [1.54, 1.807) is 21.9 Å². The molecule has 2 aliphatic rings. The van der Waals surface area contributed by atoms with E-state index in [0.29, 0.717) is 55.2 Å². The number of fused-ring (bicyclic) bond motifs is 1. The summed E-state index contributed by atoms with van der Waals surface area (Å²) in [7, 11) is 1.91. The summed E-state index contributed by atoms with van der Waals surface area (Å²) in [6.45, 7) is 7.05. The number of likely N-dealkylation sites (tertiary alicyclic amines) is 1. The summed E-state index contributed by atoms with van der Waals surface area (Å²) in [4.78, 5) is 44.4. The number of aliphatic carboxylic acids is 1. The number of nitrogens with zero attached hydrogens (tertiary/aromatic N) is 4. The smallest absolute Gasteiger partial charge is 0.308 e. The monoisotopic (exact) mass is 583 g/mol. The molecule has 0 unspecified atom stereocenters. The number of aliphatic hydroxyl groups excluding tert-OH is 1. The van der Waals surface area contributed by atoms with Crippen LogP contribution in [0.15, 0.2) is 36.7 Å². The van der Waals surface area contributed by atoms with Gasteiger partial charge in [0.25, 0.3) is 0 Å². The number of aryl methyl sites for hydroxylation is 1. The molecule has 228 valence electrons. The first-order chi connectivity index (χ1) is 20.2. The number of aromatic nitrogens is 1. The third-order valence-corrected chi connectivity index (χ3v) is 8.34. The van der Waals surface area contributed by atoms with E-state index >= 15 is 0 Å². The van der Waals surface area contributed by atoms with E-state index in [-0.39, 0.29) is 31.8 Å². The van der Waals surface area contributed by atoms with Gasteiger partial charge in [-0.3, -0.25) is 19.3 Å². The molecule has 3 atom stereocenters. The van der Waals surface area contributed by atoms with Crippen LogP contribution in [0.3, 0.4) is 0 Å². The highest BCUT2D eigenvalue weighted by atomic mass is 16.7. The van der Waals surface area contributed by atoms with Gasteiger partial charge in [-0.05, 0) is 43.5 Å². The van der Waals surface area contributed by atoms with E-state index in [1.165, 1.54) is 6.92 Å². The fourth-order valence-corrected chi connectivity index (χ4v) is 6.16. The first-order valence-corrected chi connectivity index (χ1v) is 14.7. The van der Waals surface area contributed by atoms with Crippen molar-refractivity contribution in [2.75, 3.05) is 44.4 Å². The molecule has 0 aliphatic carbocycles. The Morgan fingerprint density at radius 3 is 2.60 bits per heavy atom. The lowest BCUT2D eigenvalue weighted by Gasteiger charge is -2.31. The van der Waals surface area contributed by atoms with Gasteiger partial charge in [0, 0.05) is 56.7 Å². The summed E-state index contributed by atoms with van der Waals surface area (Å²) < 4.78 is 13.0. The van der Waals surface area contributed by atoms with Gasteiger partial charge in [0.05, 0.1) is 19.1 Å². The molecule has 4 rings (SSSR count). The number of amides is 2. The largest absolute Gasteiger partial charge is 0.481 e. The first-order valence-electron chi connectivity index (χ1n) is 14.7. The molecule has 0 bridgehead atoms. The Hall–Kier alpha value is -3.70. The Kier molecular flexibility index (Phi) is 10.4. The van der Waals surface area contributed by atoms with E-state index in [1.807, 2.05) is 48.0 Å². The molecular formula is C31H43N4O7+. The molecule has 11 nitrogen and oxygen atoms in total. The predicted octanol–water partition coefficient (Wildman–Crippen LogP) is 2.29. The van der Waals surface area contributed by atoms with E-state index in [0.717, 1.165) is 18.5 Å². The number of hydrogen-bond acceptors (Lipinski definition) is 7. The average Bonchev–Trinajstić information content (AvgIpc) is 3.58.